The van der Waals surface area contributed by atoms with Crippen LogP contribution < -0.4 is 14.8 Å². The Morgan fingerprint density at radius 3 is 2.86 bits per heavy atom. The molecule has 0 atom stereocenters. The number of rotatable bonds is 4. The maximum atomic E-state index is 14.3. The molecule has 0 spiro atoms. The van der Waals surface area contributed by atoms with E-state index in [1.807, 2.05) is 18.2 Å². The smallest absolute Gasteiger partial charge is 0.227 e. The summed E-state index contributed by atoms with van der Waals surface area (Å²) < 4.78 is 26.4. The van der Waals surface area contributed by atoms with Crippen LogP contribution in [0.1, 0.15) is 24.8 Å². The van der Waals surface area contributed by atoms with Crippen molar-refractivity contribution in [1.82, 2.24) is 19.8 Å². The van der Waals surface area contributed by atoms with Crippen LogP contribution >= 0.6 is 0 Å². The number of ether oxygens (including phenoxy) is 2. The minimum Gasteiger partial charge on any atom is -0.493 e. The maximum absolute atomic E-state index is 14.3. The van der Waals surface area contributed by atoms with Gasteiger partial charge in [-0.1, -0.05) is 12.2 Å². The molecule has 0 radical (unpaired) electrons. The lowest BCUT2D eigenvalue weighted by molar-refractivity contribution is 0.234. The van der Waals surface area contributed by atoms with Crippen molar-refractivity contribution in [1.29, 1.82) is 0 Å². The van der Waals surface area contributed by atoms with Crippen molar-refractivity contribution < 1.29 is 13.9 Å². The molecule has 3 aromatic rings. The number of nitrogens with one attached hydrogen (secondary N) is 1. The Morgan fingerprint density at radius 1 is 1.08 bits per heavy atom. The average molecular weight is 504 g/mol. The molecule has 0 unspecified atom stereocenters. The second-order valence-electron chi connectivity index (χ2n) is 9.59. The van der Waals surface area contributed by atoms with Gasteiger partial charge in [0, 0.05) is 48.7 Å². The van der Waals surface area contributed by atoms with E-state index in [0.29, 0.717) is 36.2 Å². The second-order valence-corrected chi connectivity index (χ2v) is 9.59. The zero-order valence-corrected chi connectivity index (χ0v) is 21.3. The number of anilines is 2. The van der Waals surface area contributed by atoms with Crippen LogP contribution in [0.15, 0.2) is 60.8 Å². The summed E-state index contributed by atoms with van der Waals surface area (Å²) >= 11 is 0. The number of halogens is 1. The Labute approximate surface area is 217 Å². The predicted molar refractivity (Wildman–Crippen MR) is 144 cm³/mol. The molecule has 0 saturated carbocycles. The van der Waals surface area contributed by atoms with E-state index in [1.54, 1.807) is 12.3 Å². The van der Waals surface area contributed by atoms with Gasteiger partial charge in [0.05, 0.1) is 12.3 Å². The minimum atomic E-state index is -0.364. The molecular weight excluding hydrogens is 469 g/mol. The van der Waals surface area contributed by atoms with Crippen LogP contribution in [-0.4, -0.2) is 66.2 Å². The van der Waals surface area contributed by atoms with Crippen LogP contribution in [-0.2, 0) is 6.54 Å². The summed E-state index contributed by atoms with van der Waals surface area (Å²) in [5.74, 6) is 1.46. The molecule has 6 bridgehead atoms. The van der Waals surface area contributed by atoms with Crippen molar-refractivity contribution >= 4 is 11.6 Å². The number of likely N-dealkylation sites (tertiary alicyclic amines) is 1. The van der Waals surface area contributed by atoms with Gasteiger partial charge in [-0.15, -0.1) is 0 Å². The largest absolute Gasteiger partial charge is 0.493 e. The van der Waals surface area contributed by atoms with Crippen molar-refractivity contribution in [2.45, 2.75) is 25.8 Å². The summed E-state index contributed by atoms with van der Waals surface area (Å²) in [6.45, 7) is 5.94. The van der Waals surface area contributed by atoms with Gasteiger partial charge in [-0.25, -0.2) is 14.4 Å². The van der Waals surface area contributed by atoms with Crippen LogP contribution in [0.25, 0.3) is 11.3 Å². The summed E-state index contributed by atoms with van der Waals surface area (Å²) in [5.41, 5.74) is 3.22. The zero-order valence-electron chi connectivity index (χ0n) is 21.3. The van der Waals surface area contributed by atoms with Crippen LogP contribution in [0, 0.1) is 5.82 Å². The average Bonchev–Trinajstić information content (AvgIpc) is 3.40. The van der Waals surface area contributed by atoms with Crippen molar-refractivity contribution in [3.63, 3.8) is 0 Å². The van der Waals surface area contributed by atoms with Crippen LogP contribution in [0.2, 0.25) is 0 Å². The standard InChI is InChI=1S/C29H34FN5O2/c1-34-11-3-2-6-15-36-26-19-22(17-24(30)20-26)27-9-10-31-29(33-27)32-25-7-8-28(23(18-25)21-34)37-16-14-35-12-4-5-13-35/h2-3,7-10,17-20H,4-6,11-16,21H2,1H3,(H,31,32,33)/b3-2-. The quantitative estimate of drug-likeness (QED) is 0.487. The van der Waals surface area contributed by atoms with E-state index in [4.69, 9.17) is 9.47 Å². The lowest BCUT2D eigenvalue weighted by Crippen LogP contribution is -2.25. The third-order valence-electron chi connectivity index (χ3n) is 6.58. The van der Waals surface area contributed by atoms with Crippen molar-refractivity contribution in [3.8, 4) is 22.8 Å². The topological polar surface area (TPSA) is 62.8 Å². The van der Waals surface area contributed by atoms with Gasteiger partial charge in [-0.05, 0) is 75.8 Å². The van der Waals surface area contributed by atoms with Gasteiger partial charge in [0.1, 0.15) is 23.9 Å². The number of nitrogens with zero attached hydrogens (tertiary/aromatic N) is 4. The molecule has 2 aliphatic heterocycles. The monoisotopic (exact) mass is 503 g/mol. The highest BCUT2D eigenvalue weighted by Gasteiger charge is 2.14. The van der Waals surface area contributed by atoms with E-state index < -0.39 is 0 Å². The fourth-order valence-corrected chi connectivity index (χ4v) is 4.69. The van der Waals surface area contributed by atoms with Gasteiger partial charge >= 0.3 is 0 Å². The van der Waals surface area contributed by atoms with Gasteiger partial charge in [-0.2, -0.15) is 0 Å². The van der Waals surface area contributed by atoms with Gasteiger partial charge < -0.3 is 14.8 Å². The number of aromatic nitrogens is 2. The molecule has 3 heterocycles. The van der Waals surface area contributed by atoms with E-state index in [9.17, 15) is 4.39 Å². The summed E-state index contributed by atoms with van der Waals surface area (Å²) in [6.07, 6.45) is 9.20. The summed E-state index contributed by atoms with van der Waals surface area (Å²) in [5, 5.41) is 3.31. The molecule has 37 heavy (non-hydrogen) atoms. The SMILES string of the molecule is CN1C/C=C\CCOc2cc(F)cc(c2)-c2ccnc(n2)Nc2ccc(OCCN3CCCC3)c(c2)C1. The summed E-state index contributed by atoms with van der Waals surface area (Å²) in [4.78, 5) is 13.7. The molecule has 194 valence electrons. The van der Waals surface area contributed by atoms with E-state index in [-0.39, 0.29) is 5.82 Å². The molecule has 1 fully saturated rings. The predicted octanol–water partition coefficient (Wildman–Crippen LogP) is 5.27. The van der Waals surface area contributed by atoms with Crippen LogP contribution in [0.5, 0.6) is 11.5 Å². The molecule has 0 aliphatic carbocycles. The summed E-state index contributed by atoms with van der Waals surface area (Å²) in [6, 6.07) is 12.5. The lowest BCUT2D eigenvalue weighted by atomic mass is 10.1. The van der Waals surface area contributed by atoms with Crippen molar-refractivity contribution in [2.75, 3.05) is 51.8 Å². The molecular formula is C29H34FN5O2. The Bertz CT molecular complexity index is 1230. The molecule has 2 aromatic carbocycles. The highest BCUT2D eigenvalue weighted by atomic mass is 19.1. The number of hydrogen-bond acceptors (Lipinski definition) is 7. The van der Waals surface area contributed by atoms with E-state index in [1.165, 1.54) is 25.0 Å². The molecule has 1 saturated heterocycles. The van der Waals surface area contributed by atoms with E-state index >= 15 is 0 Å². The number of benzene rings is 2. The Hall–Kier alpha value is -3.49. The fourth-order valence-electron chi connectivity index (χ4n) is 4.69. The first-order valence-corrected chi connectivity index (χ1v) is 13.0. The highest BCUT2D eigenvalue weighted by molar-refractivity contribution is 5.64. The van der Waals surface area contributed by atoms with Crippen LogP contribution in [0.3, 0.4) is 0 Å². The Balaban J connectivity index is 1.41. The molecule has 5 rings (SSSR count). The molecule has 8 heteroatoms. The molecule has 0 amide bonds. The van der Waals surface area contributed by atoms with Crippen LogP contribution in [0.4, 0.5) is 16.0 Å². The fraction of sp³-hybridized carbons (Fsp3) is 0.379. The zero-order chi connectivity index (χ0) is 25.5. The molecule has 7 nitrogen and oxygen atoms in total. The molecule has 2 aliphatic rings. The van der Waals surface area contributed by atoms with Crippen molar-refractivity contribution in [2.24, 2.45) is 0 Å². The highest BCUT2D eigenvalue weighted by Crippen LogP contribution is 2.28. The van der Waals surface area contributed by atoms with E-state index in [0.717, 1.165) is 56.1 Å². The van der Waals surface area contributed by atoms with E-state index in [2.05, 4.69) is 50.4 Å². The van der Waals surface area contributed by atoms with Gasteiger partial charge in [0.2, 0.25) is 5.95 Å². The molecule has 1 aromatic heterocycles. The second kappa shape index (κ2) is 12.2. The number of hydrogen-bond donors (Lipinski definition) is 1. The first kappa shape index (κ1) is 25.2. The first-order chi connectivity index (χ1) is 18.1. The number of fused-ring (bicyclic) bond motifs is 7. The normalized spacial score (nSPS) is 17.8. The summed E-state index contributed by atoms with van der Waals surface area (Å²) in [7, 11) is 2.09. The third kappa shape index (κ3) is 7.05. The molecule has 1 N–H and O–H groups in total. The van der Waals surface area contributed by atoms with Gasteiger partial charge in [0.15, 0.2) is 0 Å². The van der Waals surface area contributed by atoms with Gasteiger partial charge in [-0.3, -0.25) is 9.80 Å². The minimum absolute atomic E-state index is 0.364. The first-order valence-electron chi connectivity index (χ1n) is 13.0. The third-order valence-corrected chi connectivity index (χ3v) is 6.58. The Morgan fingerprint density at radius 2 is 1.97 bits per heavy atom. The van der Waals surface area contributed by atoms with Crippen molar-refractivity contribution in [3.05, 3.63) is 72.2 Å². The maximum Gasteiger partial charge on any atom is 0.227 e. The lowest BCUT2D eigenvalue weighted by Gasteiger charge is -2.20. The Kier molecular flexibility index (Phi) is 8.28. The number of likely N-dealkylation sites (N-methyl/N-ethyl adjacent to an activating group) is 1. The van der Waals surface area contributed by atoms with Gasteiger partial charge in [0.25, 0.3) is 0 Å².